The van der Waals surface area contributed by atoms with Crippen molar-refractivity contribution in [3.8, 4) is 50.3 Å². The van der Waals surface area contributed by atoms with Crippen LogP contribution < -0.4 is 9.64 Å². The number of anilines is 1. The summed E-state index contributed by atoms with van der Waals surface area (Å²) >= 11 is 0. The first-order chi connectivity index (χ1) is 25.5. The highest BCUT2D eigenvalue weighted by Gasteiger charge is 2.33. The molecule has 7 aromatic carbocycles. The van der Waals surface area contributed by atoms with E-state index in [0.29, 0.717) is 29.2 Å². The highest BCUT2D eigenvalue weighted by Crippen LogP contribution is 2.33. The molecule has 4 nitrogen and oxygen atoms in total. The summed E-state index contributed by atoms with van der Waals surface area (Å²) < 4.78 is 18.9. The normalized spacial score (nSPS) is 12.6. The molecule has 0 unspecified atom stereocenters. The van der Waals surface area contributed by atoms with Crippen molar-refractivity contribution < 1.29 is 18.7 Å². The van der Waals surface area contributed by atoms with E-state index in [9.17, 15) is 14.0 Å². The van der Waals surface area contributed by atoms with Crippen molar-refractivity contribution in [1.29, 1.82) is 0 Å². The summed E-state index contributed by atoms with van der Waals surface area (Å²) in [5, 5.41) is 0. The number of hydrogen-bond acceptors (Lipinski definition) is 3. The second kappa shape index (κ2) is 14.2. The van der Waals surface area contributed by atoms with Crippen LogP contribution in [0.5, 0.6) is 5.75 Å². The molecular formula is C47H32FNO3. The maximum atomic E-state index is 13.5. The Kier molecular flexibility index (Phi) is 8.82. The maximum absolute atomic E-state index is 13.5. The van der Waals surface area contributed by atoms with E-state index in [-0.39, 0.29) is 17.6 Å². The minimum Gasteiger partial charge on any atom is -0.489 e. The molecule has 0 aromatic heterocycles. The standard InChI is InChI=1S/C47H32FNO3/c48-42-24-28-44(29-25-42)52-31-32-6-8-34(9-7-32)36-14-16-37(17-15-36)39-18-20-41(21-19-39)45-30-46(50)49(47(45)51)43-26-22-40(23-27-43)38-12-10-35(11-13-38)33-4-2-1-3-5-33/h1-30H,31H2. The summed E-state index contributed by atoms with van der Waals surface area (Å²) in [4.78, 5) is 27.8. The van der Waals surface area contributed by atoms with Crippen LogP contribution in [0.3, 0.4) is 0 Å². The number of benzene rings is 7. The third-order valence-corrected chi connectivity index (χ3v) is 9.29. The molecule has 52 heavy (non-hydrogen) atoms. The topological polar surface area (TPSA) is 46.6 Å². The van der Waals surface area contributed by atoms with Gasteiger partial charge in [-0.25, -0.2) is 9.29 Å². The first kappa shape index (κ1) is 32.4. The summed E-state index contributed by atoms with van der Waals surface area (Å²) in [6, 6.07) is 56.3. The highest BCUT2D eigenvalue weighted by molar-refractivity contribution is 6.43. The Morgan fingerprint density at radius 3 is 1.33 bits per heavy atom. The number of rotatable bonds is 9. The van der Waals surface area contributed by atoms with Gasteiger partial charge in [-0.3, -0.25) is 9.59 Å². The lowest BCUT2D eigenvalue weighted by Gasteiger charge is -2.16. The molecule has 0 radical (unpaired) electrons. The van der Waals surface area contributed by atoms with Gasteiger partial charge < -0.3 is 4.74 Å². The molecular weight excluding hydrogens is 646 g/mol. The summed E-state index contributed by atoms with van der Waals surface area (Å²) in [7, 11) is 0. The average Bonchev–Trinajstić information content (AvgIpc) is 3.51. The van der Waals surface area contributed by atoms with Gasteiger partial charge in [0.2, 0.25) is 0 Å². The number of amides is 2. The summed E-state index contributed by atoms with van der Waals surface area (Å²) in [6.45, 7) is 0.397. The lowest BCUT2D eigenvalue weighted by molar-refractivity contribution is -0.119. The lowest BCUT2D eigenvalue weighted by atomic mass is 9.97. The second-order valence-corrected chi connectivity index (χ2v) is 12.6. The number of hydrogen-bond donors (Lipinski definition) is 0. The van der Waals surface area contributed by atoms with Crippen LogP contribution in [0.2, 0.25) is 0 Å². The van der Waals surface area contributed by atoms with Crippen molar-refractivity contribution in [2.45, 2.75) is 6.61 Å². The van der Waals surface area contributed by atoms with Gasteiger partial charge in [-0.1, -0.05) is 140 Å². The largest absolute Gasteiger partial charge is 0.489 e. The molecule has 1 heterocycles. The van der Waals surface area contributed by atoms with Gasteiger partial charge in [0, 0.05) is 6.08 Å². The number of carbonyl (C=O) groups is 2. The number of ether oxygens (including phenoxy) is 1. The SMILES string of the molecule is O=C1C=C(c2ccc(-c3ccc(-c4ccc(COc5ccc(F)cc5)cc4)cc3)cc2)C(=O)N1c1ccc(-c2ccc(-c3ccccc3)cc2)cc1. The maximum Gasteiger partial charge on any atom is 0.266 e. The Balaban J connectivity index is 0.901. The molecule has 7 aromatic rings. The van der Waals surface area contributed by atoms with Gasteiger partial charge in [0.25, 0.3) is 11.8 Å². The fraction of sp³-hybridized carbons (Fsp3) is 0.0213. The molecule has 0 bridgehead atoms. The van der Waals surface area contributed by atoms with Gasteiger partial charge in [-0.2, -0.15) is 0 Å². The average molecular weight is 678 g/mol. The zero-order valence-electron chi connectivity index (χ0n) is 28.1. The zero-order valence-corrected chi connectivity index (χ0v) is 28.1. The predicted molar refractivity (Wildman–Crippen MR) is 206 cm³/mol. The molecule has 0 saturated heterocycles. The van der Waals surface area contributed by atoms with Crippen LogP contribution in [0.15, 0.2) is 182 Å². The van der Waals surface area contributed by atoms with Crippen molar-refractivity contribution in [3.63, 3.8) is 0 Å². The predicted octanol–water partition coefficient (Wildman–Crippen LogP) is 11.0. The molecule has 0 N–H and O–H groups in total. The molecule has 8 rings (SSSR count). The highest BCUT2D eigenvalue weighted by atomic mass is 19.1. The Labute approximate surface area is 301 Å². The first-order valence-electron chi connectivity index (χ1n) is 17.0. The fourth-order valence-electron chi connectivity index (χ4n) is 6.40. The second-order valence-electron chi connectivity index (χ2n) is 12.6. The zero-order chi connectivity index (χ0) is 35.4. The van der Waals surface area contributed by atoms with Crippen molar-refractivity contribution in [1.82, 2.24) is 0 Å². The summed E-state index contributed by atoms with van der Waals surface area (Å²) in [5.74, 6) is -0.356. The Hall–Kier alpha value is -6.85. The minimum absolute atomic E-state index is 0.289. The van der Waals surface area contributed by atoms with E-state index in [1.807, 2.05) is 78.9 Å². The number of nitrogens with zero attached hydrogens (tertiary/aromatic N) is 1. The van der Waals surface area contributed by atoms with E-state index < -0.39 is 0 Å². The van der Waals surface area contributed by atoms with Crippen LogP contribution in [-0.2, 0) is 16.2 Å². The Morgan fingerprint density at radius 2 is 0.846 bits per heavy atom. The van der Waals surface area contributed by atoms with Crippen molar-refractivity contribution in [3.05, 3.63) is 199 Å². The minimum atomic E-state index is -0.354. The number of imide groups is 1. The van der Waals surface area contributed by atoms with Gasteiger partial charge in [0.1, 0.15) is 18.2 Å². The van der Waals surface area contributed by atoms with E-state index in [1.54, 1.807) is 12.1 Å². The van der Waals surface area contributed by atoms with Crippen molar-refractivity contribution in [2.75, 3.05) is 4.90 Å². The van der Waals surface area contributed by atoms with Gasteiger partial charge in [-0.15, -0.1) is 0 Å². The molecule has 0 aliphatic carbocycles. The molecule has 0 saturated carbocycles. The summed E-state index contributed by atoms with van der Waals surface area (Å²) in [6.07, 6.45) is 1.42. The molecule has 5 heteroatoms. The molecule has 0 spiro atoms. The molecule has 250 valence electrons. The lowest BCUT2D eigenvalue weighted by Crippen LogP contribution is -2.30. The Morgan fingerprint density at radius 1 is 0.442 bits per heavy atom. The van der Waals surface area contributed by atoms with Crippen LogP contribution in [0.4, 0.5) is 10.1 Å². The molecule has 2 amide bonds. The molecule has 0 atom stereocenters. The van der Waals surface area contributed by atoms with E-state index in [1.165, 1.54) is 23.1 Å². The van der Waals surface area contributed by atoms with Crippen LogP contribution in [0.25, 0.3) is 50.1 Å². The van der Waals surface area contributed by atoms with E-state index in [0.717, 1.165) is 50.1 Å². The molecule has 0 fully saturated rings. The van der Waals surface area contributed by atoms with Crippen molar-refractivity contribution in [2.24, 2.45) is 0 Å². The fourth-order valence-corrected chi connectivity index (χ4v) is 6.40. The van der Waals surface area contributed by atoms with Crippen molar-refractivity contribution >= 4 is 23.1 Å². The molecule has 1 aliphatic heterocycles. The third kappa shape index (κ3) is 6.80. The summed E-state index contributed by atoms with van der Waals surface area (Å²) in [5.41, 5.74) is 11.2. The van der Waals surface area contributed by atoms with Crippen LogP contribution >= 0.6 is 0 Å². The van der Waals surface area contributed by atoms with E-state index in [4.69, 9.17) is 4.74 Å². The Bertz CT molecular complexity index is 2380. The van der Waals surface area contributed by atoms with Gasteiger partial charge >= 0.3 is 0 Å². The monoisotopic (exact) mass is 677 g/mol. The number of carbonyl (C=O) groups excluding carboxylic acids is 2. The van der Waals surface area contributed by atoms with Crippen LogP contribution in [0, 0.1) is 5.82 Å². The van der Waals surface area contributed by atoms with Gasteiger partial charge in [0.15, 0.2) is 0 Å². The van der Waals surface area contributed by atoms with E-state index >= 15 is 0 Å². The first-order valence-corrected chi connectivity index (χ1v) is 17.0. The van der Waals surface area contributed by atoms with Crippen LogP contribution in [-0.4, -0.2) is 11.8 Å². The number of halogens is 1. The smallest absolute Gasteiger partial charge is 0.266 e. The van der Waals surface area contributed by atoms with Gasteiger partial charge in [-0.05, 0) is 92.0 Å². The van der Waals surface area contributed by atoms with E-state index in [2.05, 4.69) is 72.8 Å². The van der Waals surface area contributed by atoms with Crippen LogP contribution in [0.1, 0.15) is 11.1 Å². The van der Waals surface area contributed by atoms with Gasteiger partial charge in [0.05, 0.1) is 11.3 Å². The molecule has 1 aliphatic rings. The third-order valence-electron chi connectivity index (χ3n) is 9.29. The quantitative estimate of drug-likeness (QED) is 0.143.